The van der Waals surface area contributed by atoms with Gasteiger partial charge in [0.2, 0.25) is 0 Å². The summed E-state index contributed by atoms with van der Waals surface area (Å²) in [5, 5.41) is 39.8. The van der Waals surface area contributed by atoms with Crippen LogP contribution in [0.4, 0.5) is 0 Å². The number of phenolic OH excluding ortho intramolecular Hbond substituents is 3. The van der Waals surface area contributed by atoms with Crippen molar-refractivity contribution in [3.05, 3.63) is 29.3 Å². The normalized spacial score (nSPS) is 11.8. The van der Waals surface area contributed by atoms with Crippen molar-refractivity contribution in [3.63, 3.8) is 0 Å². The Morgan fingerprint density at radius 2 is 1.70 bits per heavy atom. The Bertz CT molecular complexity index is 1080. The van der Waals surface area contributed by atoms with Crippen LogP contribution in [0.25, 0.3) is 22.1 Å². The van der Waals surface area contributed by atoms with Gasteiger partial charge in [-0.15, -0.1) is 0 Å². The van der Waals surface area contributed by atoms with Crippen molar-refractivity contribution in [2.75, 3.05) is 27.2 Å². The number of hydrogen-bond donors (Lipinski definition) is 4. The van der Waals surface area contributed by atoms with E-state index in [1.165, 1.54) is 18.3 Å². The van der Waals surface area contributed by atoms with E-state index in [0.29, 0.717) is 13.1 Å². The van der Waals surface area contributed by atoms with Gasteiger partial charge in [-0.3, -0.25) is 4.99 Å². The molecule has 4 N–H and O–H groups in total. The molecule has 0 amide bonds. The van der Waals surface area contributed by atoms with Gasteiger partial charge in [-0.05, 0) is 26.2 Å². The van der Waals surface area contributed by atoms with E-state index in [9.17, 15) is 25.2 Å². The van der Waals surface area contributed by atoms with E-state index in [-0.39, 0.29) is 50.4 Å². The summed E-state index contributed by atoms with van der Waals surface area (Å²) in [7, 11) is 3.81. The largest absolute Gasteiger partial charge is 0.507 e. The number of aromatic hydroxyl groups is 3. The molecule has 0 aliphatic rings. The lowest BCUT2D eigenvalue weighted by molar-refractivity contribution is 0.0699. The number of carboxylic acids is 1. The third kappa shape index (κ3) is 3.44. The number of aromatic carboxylic acids is 1. The van der Waals surface area contributed by atoms with Crippen molar-refractivity contribution >= 4 is 34.3 Å². The molecule has 9 nitrogen and oxygen atoms in total. The van der Waals surface area contributed by atoms with Gasteiger partial charge in [-0.2, -0.15) is 0 Å². The zero-order valence-electron chi connectivity index (χ0n) is 14.7. The number of carbonyl (C=O) groups is 1. The lowest BCUT2D eigenvalue weighted by Gasteiger charge is -2.10. The summed E-state index contributed by atoms with van der Waals surface area (Å²) in [6.07, 6.45) is 1.42. The molecule has 0 fully saturated rings. The molecule has 0 bridgehead atoms. The molecule has 140 valence electrons. The first kappa shape index (κ1) is 18.3. The molecule has 0 aliphatic carbocycles. The second kappa shape index (κ2) is 7.04. The first-order valence-corrected chi connectivity index (χ1v) is 8.05. The smallest absolute Gasteiger partial charge is 0.337 e. The van der Waals surface area contributed by atoms with Crippen LogP contribution in [0.2, 0.25) is 0 Å². The number of rotatable bonds is 5. The predicted octanol–water partition coefficient (Wildman–Crippen LogP) is 1.58. The summed E-state index contributed by atoms with van der Waals surface area (Å²) in [4.78, 5) is 26.0. The van der Waals surface area contributed by atoms with Crippen molar-refractivity contribution in [1.82, 2.24) is 14.9 Å². The first-order valence-electron chi connectivity index (χ1n) is 8.05. The monoisotopic (exact) mass is 370 g/mol. The second-order valence-corrected chi connectivity index (χ2v) is 6.22. The summed E-state index contributed by atoms with van der Waals surface area (Å²) < 4.78 is 0. The first-order chi connectivity index (χ1) is 12.8. The Morgan fingerprint density at radius 1 is 1.04 bits per heavy atom. The quantitative estimate of drug-likeness (QED) is 0.392. The Labute approximate surface area is 153 Å². The van der Waals surface area contributed by atoms with Crippen molar-refractivity contribution in [2.24, 2.45) is 4.99 Å². The topological polar surface area (TPSA) is 139 Å². The number of nitrogens with zero attached hydrogens (tertiary/aromatic N) is 4. The lowest BCUT2D eigenvalue weighted by Crippen LogP contribution is -2.15. The van der Waals surface area contributed by atoms with Crippen LogP contribution in [-0.2, 0) is 0 Å². The maximum absolute atomic E-state index is 11.4. The van der Waals surface area contributed by atoms with Crippen LogP contribution in [0.5, 0.6) is 17.2 Å². The highest BCUT2D eigenvalue weighted by Crippen LogP contribution is 2.35. The van der Waals surface area contributed by atoms with Crippen molar-refractivity contribution in [3.8, 4) is 17.2 Å². The summed E-state index contributed by atoms with van der Waals surface area (Å²) >= 11 is 0. The van der Waals surface area contributed by atoms with Gasteiger partial charge < -0.3 is 25.3 Å². The molecule has 1 heterocycles. The van der Waals surface area contributed by atoms with E-state index in [1.54, 1.807) is 0 Å². The number of fused-ring (bicyclic) bond motifs is 2. The van der Waals surface area contributed by atoms with Crippen molar-refractivity contribution in [1.29, 1.82) is 0 Å². The number of likely N-dealkylation sites (N-methyl/N-ethyl adjacent to an activating group) is 1. The molecule has 0 aliphatic heterocycles. The number of aliphatic imine (C=N–C) groups is 1. The average Bonchev–Trinajstić information content (AvgIpc) is 2.60. The van der Waals surface area contributed by atoms with Crippen LogP contribution in [-0.4, -0.2) is 74.7 Å². The van der Waals surface area contributed by atoms with E-state index >= 15 is 0 Å². The number of hydrogen-bond acceptors (Lipinski definition) is 8. The minimum Gasteiger partial charge on any atom is -0.507 e. The highest BCUT2D eigenvalue weighted by molar-refractivity contribution is 6.08. The summed E-state index contributed by atoms with van der Waals surface area (Å²) in [5.74, 6) is -2.11. The summed E-state index contributed by atoms with van der Waals surface area (Å²) in [5.41, 5.74) is 0.0534. The van der Waals surface area contributed by atoms with Crippen LogP contribution >= 0.6 is 0 Å². The molecule has 0 atom stereocenters. The fraction of sp³-hybridized carbons (Fsp3) is 0.222. The predicted molar refractivity (Wildman–Crippen MR) is 100 cm³/mol. The van der Waals surface area contributed by atoms with Gasteiger partial charge in [0.05, 0.1) is 17.7 Å². The van der Waals surface area contributed by atoms with E-state index in [4.69, 9.17) is 0 Å². The molecule has 0 unspecified atom stereocenters. The SMILES string of the molecule is CN(C)CCN=Cc1c(O)cc(O)c2nc3c(C(=O)O)ccc(O)c3nc12. The number of benzene rings is 2. The van der Waals surface area contributed by atoms with Crippen LogP contribution in [0, 0.1) is 0 Å². The van der Waals surface area contributed by atoms with Crippen LogP contribution in [0.3, 0.4) is 0 Å². The van der Waals surface area contributed by atoms with Gasteiger partial charge in [-0.25, -0.2) is 14.8 Å². The Kier molecular flexibility index (Phi) is 4.78. The van der Waals surface area contributed by atoms with E-state index < -0.39 is 5.97 Å². The van der Waals surface area contributed by atoms with Gasteiger partial charge >= 0.3 is 5.97 Å². The molecular formula is C18H18N4O5. The third-order valence-electron chi connectivity index (χ3n) is 3.98. The highest BCUT2D eigenvalue weighted by Gasteiger charge is 2.19. The fourth-order valence-electron chi connectivity index (χ4n) is 2.60. The standard InChI is InChI=1S/C18H18N4O5/c1-22(2)6-5-19-8-10-12(24)7-13(25)17-15(10)21-16-11(23)4-3-9(18(26)27)14(16)20-17/h3-4,7-8,23-25H,5-6H2,1-2H3,(H,26,27). The van der Waals surface area contributed by atoms with Crippen LogP contribution < -0.4 is 0 Å². The Hall–Kier alpha value is -3.46. The minimum atomic E-state index is -1.24. The Morgan fingerprint density at radius 3 is 2.37 bits per heavy atom. The zero-order valence-corrected chi connectivity index (χ0v) is 14.7. The molecule has 0 saturated heterocycles. The minimum absolute atomic E-state index is 0.00228. The van der Waals surface area contributed by atoms with E-state index in [1.807, 2.05) is 19.0 Å². The molecule has 3 rings (SSSR count). The maximum atomic E-state index is 11.4. The molecule has 1 aromatic heterocycles. The van der Waals surface area contributed by atoms with Gasteiger partial charge in [-0.1, -0.05) is 0 Å². The van der Waals surface area contributed by atoms with Crippen LogP contribution in [0.15, 0.2) is 23.2 Å². The average molecular weight is 370 g/mol. The number of aromatic nitrogens is 2. The van der Waals surface area contributed by atoms with Crippen molar-refractivity contribution < 1.29 is 25.2 Å². The molecule has 9 heteroatoms. The Balaban J connectivity index is 2.27. The van der Waals surface area contributed by atoms with Crippen LogP contribution in [0.1, 0.15) is 15.9 Å². The summed E-state index contributed by atoms with van der Waals surface area (Å²) in [6.45, 7) is 1.18. The molecule has 0 radical (unpaired) electrons. The van der Waals surface area contributed by atoms with Crippen molar-refractivity contribution in [2.45, 2.75) is 0 Å². The highest BCUT2D eigenvalue weighted by atomic mass is 16.4. The number of carboxylic acid groups (broad SMARTS) is 1. The zero-order chi connectivity index (χ0) is 19.7. The second-order valence-electron chi connectivity index (χ2n) is 6.22. The van der Waals surface area contributed by atoms with Gasteiger partial charge in [0.1, 0.15) is 39.3 Å². The van der Waals surface area contributed by atoms with E-state index in [2.05, 4.69) is 15.0 Å². The van der Waals surface area contributed by atoms with Gasteiger partial charge in [0.25, 0.3) is 0 Å². The maximum Gasteiger partial charge on any atom is 0.337 e. The summed E-state index contributed by atoms with van der Waals surface area (Å²) in [6, 6.07) is 3.51. The molecule has 2 aromatic carbocycles. The molecule has 3 aromatic rings. The molecule has 0 saturated carbocycles. The fourth-order valence-corrected chi connectivity index (χ4v) is 2.60. The number of phenols is 3. The molecule has 27 heavy (non-hydrogen) atoms. The van der Waals surface area contributed by atoms with Gasteiger partial charge in [0, 0.05) is 18.8 Å². The molecular weight excluding hydrogens is 352 g/mol. The van der Waals surface area contributed by atoms with E-state index in [0.717, 1.165) is 6.07 Å². The third-order valence-corrected chi connectivity index (χ3v) is 3.98. The molecule has 0 spiro atoms. The lowest BCUT2D eigenvalue weighted by atomic mass is 10.1. The van der Waals surface area contributed by atoms with Gasteiger partial charge in [0.15, 0.2) is 0 Å².